The lowest BCUT2D eigenvalue weighted by atomic mass is 10.2. The zero-order valence-electron chi connectivity index (χ0n) is 13.1. The predicted molar refractivity (Wildman–Crippen MR) is 87.2 cm³/mol. The molecule has 2 fully saturated rings. The van der Waals surface area contributed by atoms with Gasteiger partial charge in [0.15, 0.2) is 0 Å². The van der Waals surface area contributed by atoms with Gasteiger partial charge in [0.05, 0.1) is 7.11 Å². The minimum absolute atomic E-state index is 0.944. The Morgan fingerprint density at radius 2 is 2.00 bits per heavy atom. The van der Waals surface area contributed by atoms with Crippen molar-refractivity contribution in [2.75, 3.05) is 57.8 Å². The second kappa shape index (κ2) is 7.14. The van der Waals surface area contributed by atoms with Gasteiger partial charge in [-0.15, -0.1) is 0 Å². The maximum atomic E-state index is 5.31. The summed E-state index contributed by atoms with van der Waals surface area (Å²) in [5.74, 6) is 1.93. The van der Waals surface area contributed by atoms with Gasteiger partial charge in [-0.05, 0) is 37.4 Å². The summed E-state index contributed by atoms with van der Waals surface area (Å²) >= 11 is 0. The average Bonchev–Trinajstić information content (AvgIpc) is 3.36. The molecule has 4 heteroatoms. The fourth-order valence-corrected chi connectivity index (χ4v) is 2.90. The summed E-state index contributed by atoms with van der Waals surface area (Å²) in [5, 5.41) is 3.58. The van der Waals surface area contributed by atoms with E-state index < -0.39 is 0 Å². The summed E-state index contributed by atoms with van der Waals surface area (Å²) in [5.41, 5.74) is 1.28. The van der Waals surface area contributed by atoms with E-state index in [9.17, 15) is 0 Å². The minimum atomic E-state index is 0.944. The number of benzene rings is 1. The molecule has 3 rings (SSSR count). The number of nitrogens with zero attached hydrogens (tertiary/aromatic N) is 2. The standard InChI is InChI=1S/C17H27N3O/c1-21-17-4-2-3-16(13-17)20-11-9-19(10-12-20)8-7-18-14-15-5-6-15/h2-4,13,15,18H,5-12,14H2,1H3. The van der Waals surface area contributed by atoms with Crippen LogP contribution in [0.5, 0.6) is 5.75 Å². The van der Waals surface area contributed by atoms with E-state index in [1.54, 1.807) is 7.11 Å². The highest BCUT2D eigenvalue weighted by molar-refractivity contribution is 5.51. The summed E-state index contributed by atoms with van der Waals surface area (Å²) < 4.78 is 5.31. The maximum Gasteiger partial charge on any atom is 0.120 e. The van der Waals surface area contributed by atoms with Crippen LogP contribution in [0.1, 0.15) is 12.8 Å². The quantitative estimate of drug-likeness (QED) is 0.775. The highest BCUT2D eigenvalue weighted by atomic mass is 16.5. The van der Waals surface area contributed by atoms with Gasteiger partial charge in [-0.1, -0.05) is 6.07 Å². The van der Waals surface area contributed by atoms with Gasteiger partial charge < -0.3 is 15.0 Å². The SMILES string of the molecule is COc1cccc(N2CCN(CCNCC3CC3)CC2)c1. The number of hydrogen-bond acceptors (Lipinski definition) is 4. The lowest BCUT2D eigenvalue weighted by molar-refractivity contribution is 0.257. The van der Waals surface area contributed by atoms with Crippen molar-refractivity contribution >= 4 is 5.69 Å². The van der Waals surface area contributed by atoms with E-state index in [2.05, 4.69) is 33.3 Å². The van der Waals surface area contributed by atoms with Crippen LogP contribution in [-0.4, -0.2) is 57.8 Å². The number of nitrogens with one attached hydrogen (secondary N) is 1. The Morgan fingerprint density at radius 3 is 2.71 bits per heavy atom. The summed E-state index contributed by atoms with van der Waals surface area (Å²) in [6, 6.07) is 8.38. The molecule has 4 nitrogen and oxygen atoms in total. The summed E-state index contributed by atoms with van der Waals surface area (Å²) in [4.78, 5) is 5.02. The largest absolute Gasteiger partial charge is 0.497 e. The zero-order chi connectivity index (χ0) is 14.5. The van der Waals surface area contributed by atoms with Gasteiger partial charge >= 0.3 is 0 Å². The van der Waals surface area contributed by atoms with E-state index in [1.807, 2.05) is 6.07 Å². The number of hydrogen-bond donors (Lipinski definition) is 1. The lowest BCUT2D eigenvalue weighted by Gasteiger charge is -2.36. The van der Waals surface area contributed by atoms with Gasteiger partial charge in [-0.3, -0.25) is 4.90 Å². The molecule has 0 atom stereocenters. The van der Waals surface area contributed by atoms with Gasteiger partial charge in [0.1, 0.15) is 5.75 Å². The average molecular weight is 289 g/mol. The second-order valence-electron chi connectivity index (χ2n) is 6.18. The van der Waals surface area contributed by atoms with Gasteiger partial charge in [0, 0.05) is 51.0 Å². The second-order valence-corrected chi connectivity index (χ2v) is 6.18. The van der Waals surface area contributed by atoms with Crippen molar-refractivity contribution < 1.29 is 4.74 Å². The Morgan fingerprint density at radius 1 is 1.19 bits per heavy atom. The van der Waals surface area contributed by atoms with Crippen molar-refractivity contribution in [3.8, 4) is 5.75 Å². The first kappa shape index (κ1) is 14.7. The molecule has 0 bridgehead atoms. The Balaban J connectivity index is 1.39. The summed E-state index contributed by atoms with van der Waals surface area (Å²) in [6.45, 7) is 8.06. The molecule has 1 saturated heterocycles. The van der Waals surface area contributed by atoms with E-state index in [0.29, 0.717) is 0 Å². The number of ether oxygens (including phenoxy) is 1. The molecule has 1 aliphatic heterocycles. The molecule has 0 radical (unpaired) electrons. The molecule has 21 heavy (non-hydrogen) atoms. The number of methoxy groups -OCH3 is 1. The van der Waals surface area contributed by atoms with Gasteiger partial charge in [-0.2, -0.15) is 0 Å². The van der Waals surface area contributed by atoms with Crippen molar-refractivity contribution in [2.45, 2.75) is 12.8 Å². The van der Waals surface area contributed by atoms with Crippen LogP contribution in [0.3, 0.4) is 0 Å². The van der Waals surface area contributed by atoms with Crippen molar-refractivity contribution in [1.82, 2.24) is 10.2 Å². The molecule has 0 aromatic heterocycles. The molecule has 1 aromatic rings. The first-order valence-electron chi connectivity index (χ1n) is 8.17. The van der Waals surface area contributed by atoms with Crippen LogP contribution in [0, 0.1) is 5.92 Å². The molecule has 0 spiro atoms. The maximum absolute atomic E-state index is 5.31. The number of rotatable bonds is 7. The molecule has 0 unspecified atom stereocenters. The Hall–Kier alpha value is -1.26. The van der Waals surface area contributed by atoms with Gasteiger partial charge in [0.25, 0.3) is 0 Å². The van der Waals surface area contributed by atoms with Crippen molar-refractivity contribution in [1.29, 1.82) is 0 Å². The normalized spacial score (nSPS) is 19.8. The lowest BCUT2D eigenvalue weighted by Crippen LogP contribution is -2.48. The minimum Gasteiger partial charge on any atom is -0.497 e. The topological polar surface area (TPSA) is 27.7 Å². The molecular weight excluding hydrogens is 262 g/mol. The molecular formula is C17H27N3O. The zero-order valence-corrected chi connectivity index (χ0v) is 13.1. The van der Waals surface area contributed by atoms with Crippen LogP contribution in [0.4, 0.5) is 5.69 Å². The van der Waals surface area contributed by atoms with E-state index in [1.165, 1.54) is 31.6 Å². The van der Waals surface area contributed by atoms with E-state index in [0.717, 1.165) is 44.4 Å². The number of anilines is 1. The molecule has 1 N–H and O–H groups in total. The highest BCUT2D eigenvalue weighted by Gasteiger charge is 2.21. The monoisotopic (exact) mass is 289 g/mol. The third kappa shape index (κ3) is 4.35. The third-order valence-electron chi connectivity index (χ3n) is 4.53. The molecule has 1 aliphatic carbocycles. The van der Waals surface area contributed by atoms with Crippen LogP contribution < -0.4 is 15.0 Å². The van der Waals surface area contributed by atoms with Crippen LogP contribution >= 0.6 is 0 Å². The van der Waals surface area contributed by atoms with Crippen molar-refractivity contribution in [3.05, 3.63) is 24.3 Å². The van der Waals surface area contributed by atoms with Gasteiger partial charge in [0.2, 0.25) is 0 Å². The Kier molecular flexibility index (Phi) is 4.99. The van der Waals surface area contributed by atoms with E-state index >= 15 is 0 Å². The molecule has 1 aromatic carbocycles. The van der Waals surface area contributed by atoms with E-state index in [4.69, 9.17) is 4.74 Å². The van der Waals surface area contributed by atoms with Crippen LogP contribution in [0.25, 0.3) is 0 Å². The fourth-order valence-electron chi connectivity index (χ4n) is 2.90. The predicted octanol–water partition coefficient (Wildman–Crippen LogP) is 1.82. The molecule has 116 valence electrons. The van der Waals surface area contributed by atoms with Crippen molar-refractivity contribution in [2.24, 2.45) is 5.92 Å². The van der Waals surface area contributed by atoms with Crippen LogP contribution in [0.15, 0.2) is 24.3 Å². The Labute approximate surface area is 128 Å². The summed E-state index contributed by atoms with van der Waals surface area (Å²) in [6.07, 6.45) is 2.87. The van der Waals surface area contributed by atoms with Crippen molar-refractivity contribution in [3.63, 3.8) is 0 Å². The first-order valence-corrected chi connectivity index (χ1v) is 8.17. The Bertz CT molecular complexity index is 439. The third-order valence-corrected chi connectivity index (χ3v) is 4.53. The molecule has 1 heterocycles. The van der Waals surface area contributed by atoms with Crippen LogP contribution in [-0.2, 0) is 0 Å². The molecule has 2 aliphatic rings. The first-order chi connectivity index (χ1) is 10.3. The van der Waals surface area contributed by atoms with Crippen LogP contribution in [0.2, 0.25) is 0 Å². The highest BCUT2D eigenvalue weighted by Crippen LogP contribution is 2.27. The van der Waals surface area contributed by atoms with E-state index in [-0.39, 0.29) is 0 Å². The summed E-state index contributed by atoms with van der Waals surface area (Å²) in [7, 11) is 1.73. The van der Waals surface area contributed by atoms with Gasteiger partial charge in [-0.25, -0.2) is 0 Å². The smallest absolute Gasteiger partial charge is 0.120 e. The molecule has 0 amide bonds. The fraction of sp³-hybridized carbons (Fsp3) is 0.647. The number of piperazine rings is 1. The molecule has 1 saturated carbocycles.